The smallest absolute Gasteiger partial charge is 0.407 e. The maximum atomic E-state index is 12.1. The Labute approximate surface area is 201 Å². The van der Waals surface area contributed by atoms with E-state index in [1.54, 1.807) is 19.5 Å². The number of rotatable bonds is 8. The Morgan fingerprint density at radius 1 is 1.14 bits per heavy atom. The molecule has 1 fully saturated rings. The number of methoxy groups -OCH3 is 1. The lowest BCUT2D eigenvalue weighted by atomic mass is 10.1. The largest absolute Gasteiger partial charge is 0.496 e. The molecule has 0 aliphatic carbocycles. The van der Waals surface area contributed by atoms with Crippen molar-refractivity contribution in [2.24, 2.45) is 0 Å². The molecule has 0 saturated carbocycles. The molecule has 4 aromatic rings. The highest BCUT2D eigenvalue weighted by molar-refractivity contribution is 5.71. The van der Waals surface area contributed by atoms with Gasteiger partial charge in [-0.2, -0.15) is 0 Å². The van der Waals surface area contributed by atoms with Gasteiger partial charge in [0.15, 0.2) is 17.9 Å². The van der Waals surface area contributed by atoms with Crippen molar-refractivity contribution in [3.05, 3.63) is 66.8 Å². The van der Waals surface area contributed by atoms with Crippen molar-refractivity contribution in [1.29, 1.82) is 0 Å². The third-order valence-electron chi connectivity index (χ3n) is 5.52. The average Bonchev–Trinajstić information content (AvgIpc) is 3.66. The van der Waals surface area contributed by atoms with Gasteiger partial charge in [-0.25, -0.2) is 14.8 Å². The number of amides is 1. The molecule has 0 spiro atoms. The van der Waals surface area contributed by atoms with Crippen molar-refractivity contribution in [1.82, 2.24) is 15.3 Å². The number of nitrogens with one attached hydrogen (secondary N) is 2. The van der Waals surface area contributed by atoms with Crippen LogP contribution in [0.5, 0.6) is 5.75 Å². The van der Waals surface area contributed by atoms with Gasteiger partial charge < -0.3 is 33.7 Å². The predicted molar refractivity (Wildman–Crippen MR) is 126 cm³/mol. The van der Waals surface area contributed by atoms with Crippen LogP contribution in [0.1, 0.15) is 12.0 Å². The second kappa shape index (κ2) is 10.3. The topological polar surface area (TPSA) is 121 Å². The maximum Gasteiger partial charge on any atom is 0.407 e. The lowest BCUT2D eigenvalue weighted by Crippen LogP contribution is -2.28. The van der Waals surface area contributed by atoms with Crippen LogP contribution < -0.4 is 15.4 Å². The number of anilines is 2. The number of carbonyl (C=O) groups excluding carboxylic acids is 1. The van der Waals surface area contributed by atoms with Crippen molar-refractivity contribution < 1.29 is 27.8 Å². The molecule has 2 aromatic heterocycles. The molecule has 1 atom stereocenters. The molecule has 2 aromatic carbocycles. The molecule has 3 heterocycles. The van der Waals surface area contributed by atoms with Crippen LogP contribution in [0.2, 0.25) is 0 Å². The van der Waals surface area contributed by atoms with Crippen molar-refractivity contribution >= 4 is 17.8 Å². The minimum atomic E-state index is -0.474. The molecule has 5 rings (SSSR count). The molecule has 1 unspecified atom stereocenters. The predicted octanol–water partition coefficient (Wildman–Crippen LogP) is 4.76. The SMILES string of the molecule is COc1cc(Nc2ncc(-c3ccccc3CNC(=O)OC3CCOC3)o2)ccc1-c1cnco1. The van der Waals surface area contributed by atoms with Gasteiger partial charge in [0, 0.05) is 30.3 Å². The number of oxazole rings is 2. The fourth-order valence-corrected chi connectivity index (χ4v) is 3.78. The van der Waals surface area contributed by atoms with Crippen LogP contribution in [0.15, 0.2) is 70.1 Å². The third-order valence-corrected chi connectivity index (χ3v) is 5.52. The number of aromatic nitrogens is 2. The molecule has 180 valence electrons. The van der Waals surface area contributed by atoms with Crippen LogP contribution in [-0.4, -0.2) is 42.5 Å². The minimum absolute atomic E-state index is 0.198. The molecule has 1 aliphatic rings. The molecule has 0 radical (unpaired) electrons. The summed E-state index contributed by atoms with van der Waals surface area (Å²) in [6.45, 7) is 1.33. The number of alkyl carbamates (subject to hydrolysis) is 1. The standard InChI is InChI=1S/C25H24N4O6/c1-31-21-10-17(6-7-20(21)22-12-26-15-33-22)29-24-27-13-23(35-24)19-5-3-2-4-16(19)11-28-25(30)34-18-8-9-32-14-18/h2-7,10,12-13,15,18H,8-9,11,14H2,1H3,(H,27,29)(H,28,30). The van der Waals surface area contributed by atoms with Gasteiger partial charge in [-0.05, 0) is 17.7 Å². The summed E-state index contributed by atoms with van der Waals surface area (Å²) in [5.41, 5.74) is 3.19. The van der Waals surface area contributed by atoms with E-state index in [0.29, 0.717) is 42.9 Å². The zero-order chi connectivity index (χ0) is 24.0. The van der Waals surface area contributed by atoms with Crippen LogP contribution in [0.3, 0.4) is 0 Å². The van der Waals surface area contributed by atoms with Crippen LogP contribution in [0, 0.1) is 0 Å². The maximum absolute atomic E-state index is 12.1. The molecule has 2 N–H and O–H groups in total. The molecule has 10 nitrogen and oxygen atoms in total. The summed E-state index contributed by atoms with van der Waals surface area (Å²) in [6.07, 6.45) is 4.67. The molecule has 1 amide bonds. The van der Waals surface area contributed by atoms with E-state index in [1.165, 1.54) is 6.39 Å². The number of carbonyl (C=O) groups is 1. The fraction of sp³-hybridized carbons (Fsp3) is 0.240. The number of ether oxygens (including phenoxy) is 3. The normalized spacial score (nSPS) is 15.1. The Balaban J connectivity index is 1.27. The molecular weight excluding hydrogens is 452 g/mol. The zero-order valence-electron chi connectivity index (χ0n) is 19.0. The Morgan fingerprint density at radius 3 is 2.86 bits per heavy atom. The van der Waals surface area contributed by atoms with Crippen LogP contribution in [-0.2, 0) is 16.0 Å². The van der Waals surface area contributed by atoms with E-state index in [4.69, 9.17) is 23.0 Å². The van der Waals surface area contributed by atoms with Crippen molar-refractivity contribution in [3.8, 4) is 28.4 Å². The van der Waals surface area contributed by atoms with Gasteiger partial charge in [0.25, 0.3) is 6.01 Å². The third kappa shape index (κ3) is 5.28. The Kier molecular flexibility index (Phi) is 6.62. The fourth-order valence-electron chi connectivity index (χ4n) is 3.78. The van der Waals surface area contributed by atoms with E-state index < -0.39 is 6.09 Å². The van der Waals surface area contributed by atoms with Gasteiger partial charge in [-0.1, -0.05) is 24.3 Å². The van der Waals surface area contributed by atoms with Crippen molar-refractivity contribution in [2.45, 2.75) is 19.1 Å². The highest BCUT2D eigenvalue weighted by Gasteiger charge is 2.20. The van der Waals surface area contributed by atoms with E-state index in [-0.39, 0.29) is 12.6 Å². The van der Waals surface area contributed by atoms with Crippen molar-refractivity contribution in [3.63, 3.8) is 0 Å². The second-order valence-electron chi connectivity index (χ2n) is 7.84. The van der Waals surface area contributed by atoms with E-state index in [1.807, 2.05) is 42.5 Å². The van der Waals surface area contributed by atoms with Gasteiger partial charge >= 0.3 is 6.09 Å². The molecule has 1 aliphatic heterocycles. The minimum Gasteiger partial charge on any atom is -0.496 e. The Bertz CT molecular complexity index is 1280. The summed E-state index contributed by atoms with van der Waals surface area (Å²) in [5, 5.41) is 5.94. The van der Waals surface area contributed by atoms with Gasteiger partial charge in [0.1, 0.15) is 11.9 Å². The first-order valence-electron chi connectivity index (χ1n) is 11.1. The van der Waals surface area contributed by atoms with Crippen LogP contribution in [0.25, 0.3) is 22.6 Å². The molecule has 35 heavy (non-hydrogen) atoms. The second-order valence-corrected chi connectivity index (χ2v) is 7.84. The summed E-state index contributed by atoms with van der Waals surface area (Å²) in [5.74, 6) is 1.79. The number of nitrogens with zero attached hydrogens (tertiary/aromatic N) is 2. The van der Waals surface area contributed by atoms with E-state index in [9.17, 15) is 4.79 Å². The highest BCUT2D eigenvalue weighted by Crippen LogP contribution is 2.34. The quantitative estimate of drug-likeness (QED) is 0.371. The lowest BCUT2D eigenvalue weighted by Gasteiger charge is -2.12. The van der Waals surface area contributed by atoms with Gasteiger partial charge in [0.2, 0.25) is 0 Å². The average molecular weight is 476 g/mol. The van der Waals surface area contributed by atoms with E-state index in [0.717, 1.165) is 22.4 Å². The first-order chi connectivity index (χ1) is 17.2. The highest BCUT2D eigenvalue weighted by atomic mass is 16.6. The Morgan fingerprint density at radius 2 is 2.06 bits per heavy atom. The Hall–Kier alpha value is -4.31. The first kappa shape index (κ1) is 22.5. The molecular formula is C25H24N4O6. The van der Waals surface area contributed by atoms with Crippen molar-refractivity contribution in [2.75, 3.05) is 25.6 Å². The molecule has 1 saturated heterocycles. The number of hydrogen-bond donors (Lipinski definition) is 2. The van der Waals surface area contributed by atoms with E-state index in [2.05, 4.69) is 20.6 Å². The summed E-state index contributed by atoms with van der Waals surface area (Å²) >= 11 is 0. The zero-order valence-corrected chi connectivity index (χ0v) is 19.0. The summed E-state index contributed by atoms with van der Waals surface area (Å²) < 4.78 is 27.4. The monoisotopic (exact) mass is 476 g/mol. The number of benzene rings is 2. The summed E-state index contributed by atoms with van der Waals surface area (Å²) in [7, 11) is 1.59. The summed E-state index contributed by atoms with van der Waals surface area (Å²) in [6, 6.07) is 13.5. The van der Waals surface area contributed by atoms with Gasteiger partial charge in [-0.15, -0.1) is 0 Å². The first-order valence-corrected chi connectivity index (χ1v) is 11.1. The molecule has 0 bridgehead atoms. The van der Waals surface area contributed by atoms with Crippen LogP contribution >= 0.6 is 0 Å². The molecule has 10 heteroatoms. The van der Waals surface area contributed by atoms with Gasteiger partial charge in [-0.3, -0.25) is 0 Å². The van der Waals surface area contributed by atoms with Crippen LogP contribution in [0.4, 0.5) is 16.5 Å². The van der Waals surface area contributed by atoms with Gasteiger partial charge in [0.05, 0.1) is 38.3 Å². The number of hydrogen-bond acceptors (Lipinski definition) is 9. The lowest BCUT2D eigenvalue weighted by molar-refractivity contribution is 0.0828. The summed E-state index contributed by atoms with van der Waals surface area (Å²) in [4.78, 5) is 20.4. The van der Waals surface area contributed by atoms with E-state index >= 15 is 0 Å².